The molecule has 0 atom stereocenters. The summed E-state index contributed by atoms with van der Waals surface area (Å²) in [4.78, 5) is 12.1. The van der Waals surface area contributed by atoms with E-state index in [0.29, 0.717) is 22.6 Å². The van der Waals surface area contributed by atoms with E-state index in [-0.39, 0.29) is 13.1 Å². The lowest BCUT2D eigenvalue weighted by atomic mass is 10.2. The minimum absolute atomic E-state index is 0.156. The first-order valence-electron chi connectivity index (χ1n) is 6.43. The van der Waals surface area contributed by atoms with Crippen LogP contribution in [0.1, 0.15) is 21.6 Å². The van der Waals surface area contributed by atoms with Gasteiger partial charge in [0.15, 0.2) is 0 Å². The van der Waals surface area contributed by atoms with Crippen LogP contribution in [-0.4, -0.2) is 35.1 Å². The number of amides is 1. The standard InChI is InChI=1S/C13H13FN4O3S/c1-22(20,21)18-6-10-11(7-18)16-17-12(10)15-13(19)8-2-4-9(14)5-3-8/h2-5H,6-7H2,1H3,(H2,15,16,17,19). The fourth-order valence-electron chi connectivity index (χ4n) is 2.23. The molecule has 116 valence electrons. The van der Waals surface area contributed by atoms with Crippen molar-refractivity contribution < 1.29 is 17.6 Å². The zero-order valence-corrected chi connectivity index (χ0v) is 12.4. The van der Waals surface area contributed by atoms with E-state index in [4.69, 9.17) is 0 Å². The fourth-order valence-corrected chi connectivity index (χ4v) is 2.95. The quantitative estimate of drug-likeness (QED) is 0.883. The molecule has 2 heterocycles. The first-order valence-corrected chi connectivity index (χ1v) is 8.27. The molecule has 0 fully saturated rings. The van der Waals surface area contributed by atoms with Crippen LogP contribution in [0.2, 0.25) is 0 Å². The van der Waals surface area contributed by atoms with Crippen LogP contribution < -0.4 is 5.32 Å². The van der Waals surface area contributed by atoms with Crippen LogP contribution in [0.25, 0.3) is 0 Å². The fraction of sp³-hybridized carbons (Fsp3) is 0.231. The molecule has 1 aliphatic heterocycles. The maximum atomic E-state index is 12.9. The largest absolute Gasteiger partial charge is 0.307 e. The van der Waals surface area contributed by atoms with Gasteiger partial charge in [0.05, 0.1) is 18.5 Å². The summed E-state index contributed by atoms with van der Waals surface area (Å²) in [5.74, 6) is -0.498. The predicted octanol–water partition coefficient (Wildman–Crippen LogP) is 1.08. The van der Waals surface area contributed by atoms with Crippen molar-refractivity contribution >= 4 is 21.7 Å². The van der Waals surface area contributed by atoms with Crippen molar-refractivity contribution in [2.24, 2.45) is 0 Å². The summed E-state index contributed by atoms with van der Waals surface area (Å²) >= 11 is 0. The Morgan fingerprint density at radius 3 is 2.64 bits per heavy atom. The van der Waals surface area contributed by atoms with Crippen molar-refractivity contribution in [2.45, 2.75) is 13.1 Å². The van der Waals surface area contributed by atoms with Gasteiger partial charge in [-0.3, -0.25) is 9.89 Å². The van der Waals surface area contributed by atoms with E-state index in [1.807, 2.05) is 0 Å². The normalized spacial score (nSPS) is 14.8. The number of benzene rings is 1. The van der Waals surface area contributed by atoms with Crippen molar-refractivity contribution in [3.63, 3.8) is 0 Å². The maximum absolute atomic E-state index is 12.9. The second kappa shape index (κ2) is 5.18. The molecular formula is C13H13FN4O3S. The molecule has 1 amide bonds. The Balaban J connectivity index is 1.79. The topological polar surface area (TPSA) is 95.2 Å². The number of hydrogen-bond donors (Lipinski definition) is 2. The molecule has 0 saturated heterocycles. The van der Waals surface area contributed by atoms with E-state index in [9.17, 15) is 17.6 Å². The van der Waals surface area contributed by atoms with Gasteiger partial charge in [0.2, 0.25) is 10.0 Å². The minimum Gasteiger partial charge on any atom is -0.307 e. The van der Waals surface area contributed by atoms with Gasteiger partial charge in [-0.05, 0) is 24.3 Å². The summed E-state index contributed by atoms with van der Waals surface area (Å²) in [7, 11) is -3.32. The average Bonchev–Trinajstić information content (AvgIpc) is 3.01. The molecule has 9 heteroatoms. The highest BCUT2D eigenvalue weighted by Gasteiger charge is 2.31. The first-order chi connectivity index (χ1) is 10.3. The van der Waals surface area contributed by atoms with Crippen LogP contribution in [-0.2, 0) is 23.1 Å². The molecule has 0 radical (unpaired) electrons. The van der Waals surface area contributed by atoms with Crippen LogP contribution in [0, 0.1) is 5.82 Å². The zero-order valence-electron chi connectivity index (χ0n) is 11.6. The summed E-state index contributed by atoms with van der Waals surface area (Å²) in [6.07, 6.45) is 1.12. The number of aromatic amines is 1. The average molecular weight is 324 g/mol. The van der Waals surface area contributed by atoms with Crippen LogP contribution in [0.3, 0.4) is 0 Å². The van der Waals surface area contributed by atoms with Gasteiger partial charge in [-0.25, -0.2) is 12.8 Å². The third kappa shape index (κ3) is 2.72. The Labute approximate surface area is 126 Å². The van der Waals surface area contributed by atoms with Crippen molar-refractivity contribution in [2.75, 3.05) is 11.6 Å². The van der Waals surface area contributed by atoms with Crippen LogP contribution in [0.15, 0.2) is 24.3 Å². The molecule has 0 bridgehead atoms. The number of H-pyrrole nitrogens is 1. The van der Waals surface area contributed by atoms with Crippen molar-refractivity contribution in [3.8, 4) is 0 Å². The summed E-state index contributed by atoms with van der Waals surface area (Å²) in [6.45, 7) is 0.334. The second-order valence-electron chi connectivity index (χ2n) is 5.02. The number of anilines is 1. The van der Waals surface area contributed by atoms with E-state index < -0.39 is 21.7 Å². The highest BCUT2D eigenvalue weighted by atomic mass is 32.2. The van der Waals surface area contributed by atoms with Gasteiger partial charge in [0.25, 0.3) is 5.91 Å². The first kappa shape index (κ1) is 14.7. The van der Waals surface area contributed by atoms with Crippen LogP contribution in [0.5, 0.6) is 0 Å². The Bertz CT molecular complexity index is 829. The number of carbonyl (C=O) groups excluding carboxylic acids is 1. The smallest absolute Gasteiger partial charge is 0.256 e. The lowest BCUT2D eigenvalue weighted by Gasteiger charge is -2.11. The van der Waals surface area contributed by atoms with E-state index in [1.165, 1.54) is 28.6 Å². The highest BCUT2D eigenvalue weighted by Crippen LogP contribution is 2.28. The Morgan fingerprint density at radius 1 is 1.32 bits per heavy atom. The monoisotopic (exact) mass is 324 g/mol. The molecule has 0 aliphatic carbocycles. The SMILES string of the molecule is CS(=O)(=O)N1Cc2n[nH]c(NC(=O)c3ccc(F)cc3)c2C1. The molecule has 0 saturated carbocycles. The van der Waals surface area contributed by atoms with Crippen LogP contribution in [0.4, 0.5) is 10.2 Å². The molecule has 7 nitrogen and oxygen atoms in total. The van der Waals surface area contributed by atoms with Gasteiger partial charge in [-0.1, -0.05) is 0 Å². The molecule has 0 spiro atoms. The maximum Gasteiger partial charge on any atom is 0.256 e. The number of nitrogens with one attached hydrogen (secondary N) is 2. The molecule has 2 N–H and O–H groups in total. The number of sulfonamides is 1. The van der Waals surface area contributed by atoms with Gasteiger partial charge in [0.1, 0.15) is 11.6 Å². The zero-order chi connectivity index (χ0) is 15.9. The summed E-state index contributed by atoms with van der Waals surface area (Å²) < 4.78 is 37.2. The molecule has 3 rings (SSSR count). The molecule has 2 aromatic rings. The third-order valence-corrected chi connectivity index (χ3v) is 4.62. The van der Waals surface area contributed by atoms with E-state index in [2.05, 4.69) is 15.5 Å². The number of carbonyl (C=O) groups is 1. The lowest BCUT2D eigenvalue weighted by Crippen LogP contribution is -2.24. The summed E-state index contributed by atoms with van der Waals surface area (Å²) in [5.41, 5.74) is 1.52. The summed E-state index contributed by atoms with van der Waals surface area (Å²) in [6, 6.07) is 5.11. The summed E-state index contributed by atoms with van der Waals surface area (Å²) in [5, 5.41) is 9.33. The predicted molar refractivity (Wildman–Crippen MR) is 77.0 cm³/mol. The van der Waals surface area contributed by atoms with Gasteiger partial charge >= 0.3 is 0 Å². The number of aromatic nitrogens is 2. The number of halogens is 1. The van der Waals surface area contributed by atoms with Crippen LogP contribution >= 0.6 is 0 Å². The Morgan fingerprint density at radius 2 is 2.00 bits per heavy atom. The lowest BCUT2D eigenvalue weighted by molar-refractivity contribution is 0.102. The van der Waals surface area contributed by atoms with Gasteiger partial charge in [-0.2, -0.15) is 9.40 Å². The van der Waals surface area contributed by atoms with Gasteiger partial charge < -0.3 is 5.32 Å². The van der Waals surface area contributed by atoms with E-state index in [0.717, 1.165) is 6.26 Å². The van der Waals surface area contributed by atoms with Crippen molar-refractivity contribution in [1.82, 2.24) is 14.5 Å². The molecule has 1 aromatic carbocycles. The third-order valence-electron chi connectivity index (χ3n) is 3.43. The molecule has 22 heavy (non-hydrogen) atoms. The Kier molecular flexibility index (Phi) is 3.45. The molecule has 1 aliphatic rings. The van der Waals surface area contributed by atoms with E-state index >= 15 is 0 Å². The van der Waals surface area contributed by atoms with Gasteiger partial charge in [0, 0.05) is 17.7 Å². The number of rotatable bonds is 3. The van der Waals surface area contributed by atoms with Crippen molar-refractivity contribution in [1.29, 1.82) is 0 Å². The van der Waals surface area contributed by atoms with Gasteiger partial charge in [-0.15, -0.1) is 0 Å². The second-order valence-corrected chi connectivity index (χ2v) is 7.00. The highest BCUT2D eigenvalue weighted by molar-refractivity contribution is 7.88. The molecule has 1 aromatic heterocycles. The minimum atomic E-state index is -3.32. The number of hydrogen-bond acceptors (Lipinski definition) is 4. The molecular weight excluding hydrogens is 311 g/mol. The van der Waals surface area contributed by atoms with E-state index in [1.54, 1.807) is 0 Å². The Hall–Kier alpha value is -2.26. The van der Waals surface area contributed by atoms with Crippen molar-refractivity contribution in [3.05, 3.63) is 46.9 Å². The number of nitrogens with zero attached hydrogens (tertiary/aromatic N) is 2. The molecule has 0 unspecified atom stereocenters. The number of fused-ring (bicyclic) bond motifs is 1.